The summed E-state index contributed by atoms with van der Waals surface area (Å²) >= 11 is 0. The van der Waals surface area contributed by atoms with Crippen LogP contribution >= 0.6 is 0 Å². The maximum Gasteiger partial charge on any atom is 0.233 e. The van der Waals surface area contributed by atoms with E-state index >= 15 is 0 Å². The van der Waals surface area contributed by atoms with Crippen LogP contribution in [0.4, 0.5) is 0 Å². The summed E-state index contributed by atoms with van der Waals surface area (Å²) in [6.07, 6.45) is 0.734. The van der Waals surface area contributed by atoms with Gasteiger partial charge in [0.1, 0.15) is 5.78 Å². The molecule has 0 bridgehead atoms. The number of Topliss-reactive ketones (excluding diaryl/α,β-unsaturated/α-hetero) is 1. The molecule has 1 atom stereocenters. The number of hydrogen-bond donors (Lipinski definition) is 0. The van der Waals surface area contributed by atoms with Crippen molar-refractivity contribution in [2.24, 2.45) is 11.8 Å². The average Bonchev–Trinajstić information content (AvgIpc) is 2.80. The first-order chi connectivity index (χ1) is 11.4. The van der Waals surface area contributed by atoms with Crippen LogP contribution in [0.3, 0.4) is 0 Å². The van der Waals surface area contributed by atoms with Gasteiger partial charge in [0.05, 0.1) is 46.2 Å². The van der Waals surface area contributed by atoms with E-state index in [-0.39, 0.29) is 29.4 Å². The highest BCUT2D eigenvalue weighted by molar-refractivity contribution is 6.03. The van der Waals surface area contributed by atoms with Gasteiger partial charge in [0.25, 0.3) is 0 Å². The molecule has 24 heavy (non-hydrogen) atoms. The fourth-order valence-corrected chi connectivity index (χ4v) is 2.38. The molecule has 1 aliphatic heterocycles. The summed E-state index contributed by atoms with van der Waals surface area (Å²) in [6, 6.07) is 0. The lowest BCUT2D eigenvalue weighted by Crippen LogP contribution is -2.34. The first kappa shape index (κ1) is 20.7. The Kier molecular flexibility index (Phi) is 9.75. The van der Waals surface area contributed by atoms with E-state index in [0.717, 1.165) is 0 Å². The van der Waals surface area contributed by atoms with E-state index in [1.54, 1.807) is 0 Å². The third-order valence-corrected chi connectivity index (χ3v) is 3.89. The third-order valence-electron chi connectivity index (χ3n) is 3.89. The third kappa shape index (κ3) is 7.51. The number of imide groups is 1. The molecule has 1 rings (SSSR count). The van der Waals surface area contributed by atoms with E-state index in [9.17, 15) is 14.4 Å². The molecule has 2 amide bonds. The first-order valence-electron chi connectivity index (χ1n) is 8.50. The Morgan fingerprint density at radius 3 is 2.08 bits per heavy atom. The van der Waals surface area contributed by atoms with Gasteiger partial charge in [-0.15, -0.1) is 0 Å². The number of nitrogens with zero attached hydrogens (tertiary/aromatic N) is 1. The SMILES string of the molecule is CC(=O)CCOCCOCCOCCN1C(=O)CC(C(C)C)C1=O. The lowest BCUT2D eigenvalue weighted by atomic mass is 9.94. The van der Waals surface area contributed by atoms with Gasteiger partial charge >= 0.3 is 0 Å². The van der Waals surface area contributed by atoms with Crippen molar-refractivity contribution in [3.8, 4) is 0 Å². The number of rotatable bonds is 13. The van der Waals surface area contributed by atoms with Crippen LogP contribution in [-0.4, -0.2) is 68.7 Å². The monoisotopic (exact) mass is 343 g/mol. The van der Waals surface area contributed by atoms with Gasteiger partial charge in [-0.1, -0.05) is 13.8 Å². The number of ether oxygens (including phenoxy) is 3. The van der Waals surface area contributed by atoms with Crippen LogP contribution in [-0.2, 0) is 28.6 Å². The molecule has 0 aliphatic carbocycles. The van der Waals surface area contributed by atoms with Crippen LogP contribution in [0, 0.1) is 11.8 Å². The van der Waals surface area contributed by atoms with E-state index in [1.165, 1.54) is 11.8 Å². The fraction of sp³-hybridized carbons (Fsp3) is 0.824. The highest BCUT2D eigenvalue weighted by Crippen LogP contribution is 2.25. The summed E-state index contributed by atoms with van der Waals surface area (Å²) in [4.78, 5) is 35.9. The number of hydrogen-bond acceptors (Lipinski definition) is 6. The van der Waals surface area contributed by atoms with Crippen molar-refractivity contribution in [1.82, 2.24) is 4.90 Å². The van der Waals surface area contributed by atoms with Crippen molar-refractivity contribution in [3.05, 3.63) is 0 Å². The number of amides is 2. The van der Waals surface area contributed by atoms with Gasteiger partial charge in [-0.25, -0.2) is 0 Å². The van der Waals surface area contributed by atoms with Gasteiger partial charge in [0.2, 0.25) is 11.8 Å². The predicted octanol–water partition coefficient (Wildman–Crippen LogP) is 1.05. The van der Waals surface area contributed by atoms with E-state index < -0.39 is 0 Å². The molecule has 138 valence electrons. The fourth-order valence-electron chi connectivity index (χ4n) is 2.38. The van der Waals surface area contributed by atoms with Crippen LogP contribution in [0.25, 0.3) is 0 Å². The summed E-state index contributed by atoms with van der Waals surface area (Å²) in [5.41, 5.74) is 0. The molecule has 0 aromatic carbocycles. The maximum atomic E-state index is 12.1. The van der Waals surface area contributed by atoms with Gasteiger partial charge in [-0.05, 0) is 12.8 Å². The molecule has 0 aromatic rings. The zero-order valence-electron chi connectivity index (χ0n) is 14.9. The van der Waals surface area contributed by atoms with Crippen molar-refractivity contribution >= 4 is 17.6 Å². The molecule has 0 aromatic heterocycles. The molecule has 1 unspecified atom stereocenters. The molecule has 1 fully saturated rings. The molecule has 7 heteroatoms. The van der Waals surface area contributed by atoms with Crippen LogP contribution in [0.5, 0.6) is 0 Å². The molecular formula is C17H29NO6. The molecule has 0 spiro atoms. The minimum Gasteiger partial charge on any atom is -0.379 e. The van der Waals surface area contributed by atoms with Crippen LogP contribution in [0.2, 0.25) is 0 Å². The van der Waals surface area contributed by atoms with Gasteiger partial charge in [-0.3, -0.25) is 19.3 Å². The summed E-state index contributed by atoms with van der Waals surface area (Å²) < 4.78 is 15.9. The largest absolute Gasteiger partial charge is 0.379 e. The number of carbonyl (C=O) groups is 3. The maximum absolute atomic E-state index is 12.1. The molecule has 1 saturated heterocycles. The van der Waals surface area contributed by atoms with Gasteiger partial charge in [0.15, 0.2) is 0 Å². The number of carbonyl (C=O) groups excluding carboxylic acids is 3. The highest BCUT2D eigenvalue weighted by atomic mass is 16.5. The Hall–Kier alpha value is -1.31. The van der Waals surface area contributed by atoms with Crippen molar-refractivity contribution in [2.75, 3.05) is 46.2 Å². The normalized spacial score (nSPS) is 18.0. The van der Waals surface area contributed by atoms with Crippen molar-refractivity contribution in [1.29, 1.82) is 0 Å². The van der Waals surface area contributed by atoms with Gasteiger partial charge < -0.3 is 14.2 Å². The summed E-state index contributed by atoms with van der Waals surface area (Å²) in [5, 5.41) is 0. The van der Waals surface area contributed by atoms with Crippen LogP contribution in [0.1, 0.15) is 33.6 Å². The predicted molar refractivity (Wildman–Crippen MR) is 87.4 cm³/mol. The van der Waals surface area contributed by atoms with Crippen LogP contribution < -0.4 is 0 Å². The molecule has 0 radical (unpaired) electrons. The number of likely N-dealkylation sites (tertiary alicyclic amines) is 1. The number of ketones is 1. The Morgan fingerprint density at radius 2 is 1.58 bits per heavy atom. The Morgan fingerprint density at radius 1 is 1.04 bits per heavy atom. The molecular weight excluding hydrogens is 314 g/mol. The Labute approximate surface area is 143 Å². The Balaban J connectivity index is 1.98. The van der Waals surface area contributed by atoms with E-state index in [4.69, 9.17) is 14.2 Å². The smallest absolute Gasteiger partial charge is 0.233 e. The van der Waals surface area contributed by atoms with E-state index in [1.807, 2.05) is 13.8 Å². The molecule has 1 aliphatic rings. The van der Waals surface area contributed by atoms with Gasteiger partial charge in [0, 0.05) is 18.8 Å². The second kappa shape index (κ2) is 11.3. The standard InChI is InChI=1S/C17H29NO6/c1-13(2)15-12-16(20)18(17(15)21)5-7-23-9-11-24-10-8-22-6-4-14(3)19/h13,15H,4-12H2,1-3H3. The van der Waals surface area contributed by atoms with Crippen LogP contribution in [0.15, 0.2) is 0 Å². The second-order valence-electron chi connectivity index (χ2n) is 6.23. The topological polar surface area (TPSA) is 82.1 Å². The minimum absolute atomic E-state index is 0.0856. The van der Waals surface area contributed by atoms with Crippen molar-refractivity contribution < 1.29 is 28.6 Å². The van der Waals surface area contributed by atoms with Gasteiger partial charge in [-0.2, -0.15) is 0 Å². The van der Waals surface area contributed by atoms with Crippen molar-refractivity contribution in [2.45, 2.75) is 33.6 Å². The highest BCUT2D eigenvalue weighted by Gasteiger charge is 2.39. The van der Waals surface area contributed by atoms with E-state index in [2.05, 4.69) is 0 Å². The minimum atomic E-state index is -0.191. The summed E-state index contributed by atoms with van der Waals surface area (Å²) in [5.74, 6) is -0.0971. The lowest BCUT2D eigenvalue weighted by molar-refractivity contribution is -0.140. The average molecular weight is 343 g/mol. The van der Waals surface area contributed by atoms with Crippen molar-refractivity contribution in [3.63, 3.8) is 0 Å². The summed E-state index contributed by atoms with van der Waals surface area (Å²) in [6.45, 7) is 8.20. The summed E-state index contributed by atoms with van der Waals surface area (Å²) in [7, 11) is 0. The lowest BCUT2D eigenvalue weighted by Gasteiger charge is -2.16. The quantitative estimate of drug-likeness (QED) is 0.367. The first-order valence-corrected chi connectivity index (χ1v) is 8.50. The zero-order valence-corrected chi connectivity index (χ0v) is 14.9. The zero-order chi connectivity index (χ0) is 17.9. The molecule has 0 N–H and O–H groups in total. The molecule has 0 saturated carbocycles. The molecule has 1 heterocycles. The second-order valence-corrected chi connectivity index (χ2v) is 6.23. The molecule has 7 nitrogen and oxygen atoms in total. The van der Waals surface area contributed by atoms with E-state index in [0.29, 0.717) is 59.0 Å². The Bertz CT molecular complexity index is 423.